The molecular formula is C17H24FN3O5S. The van der Waals surface area contributed by atoms with Gasteiger partial charge in [0.2, 0.25) is 10.0 Å². The Hall–Kier alpha value is -2.20. The number of nitrogens with zero attached hydrogens (tertiary/aromatic N) is 2. The Kier molecular flexibility index (Phi) is 6.77. The fourth-order valence-corrected chi connectivity index (χ4v) is 3.30. The fourth-order valence-electron chi connectivity index (χ4n) is 2.54. The summed E-state index contributed by atoms with van der Waals surface area (Å²) in [5.74, 6) is -1.19. The van der Waals surface area contributed by atoms with Crippen LogP contribution in [-0.2, 0) is 14.8 Å². The van der Waals surface area contributed by atoms with E-state index < -0.39 is 27.8 Å². The van der Waals surface area contributed by atoms with Gasteiger partial charge in [0, 0.05) is 26.2 Å². The minimum Gasteiger partial charge on any atom is -0.449 e. The fraction of sp³-hybridized carbons (Fsp3) is 0.529. The van der Waals surface area contributed by atoms with Crippen molar-refractivity contribution in [1.29, 1.82) is 0 Å². The van der Waals surface area contributed by atoms with Gasteiger partial charge in [-0.05, 0) is 31.2 Å². The summed E-state index contributed by atoms with van der Waals surface area (Å²) in [6, 6.07) is 3.07. The van der Waals surface area contributed by atoms with E-state index in [-0.39, 0.29) is 42.6 Å². The third-order valence-electron chi connectivity index (χ3n) is 4.11. The number of benzene rings is 1. The molecule has 0 unspecified atom stereocenters. The molecule has 0 aromatic heterocycles. The molecule has 1 aliphatic rings. The van der Waals surface area contributed by atoms with Crippen LogP contribution in [0.5, 0.6) is 0 Å². The van der Waals surface area contributed by atoms with Crippen molar-refractivity contribution < 1.29 is 27.1 Å². The lowest BCUT2D eigenvalue weighted by molar-refractivity contribution is 0.0532. The van der Waals surface area contributed by atoms with E-state index in [1.54, 1.807) is 0 Å². The van der Waals surface area contributed by atoms with E-state index >= 15 is 0 Å². The van der Waals surface area contributed by atoms with Crippen molar-refractivity contribution in [3.8, 4) is 0 Å². The van der Waals surface area contributed by atoms with Gasteiger partial charge in [0.1, 0.15) is 5.82 Å². The van der Waals surface area contributed by atoms with Crippen LogP contribution in [0.4, 0.5) is 9.18 Å². The Morgan fingerprint density at radius 3 is 2.33 bits per heavy atom. The molecule has 0 radical (unpaired) electrons. The van der Waals surface area contributed by atoms with Crippen molar-refractivity contribution in [3.63, 3.8) is 0 Å². The summed E-state index contributed by atoms with van der Waals surface area (Å²) in [6.45, 7) is 5.12. The maximum absolute atomic E-state index is 14.1. The Balaban J connectivity index is 2.06. The van der Waals surface area contributed by atoms with E-state index in [0.717, 1.165) is 18.2 Å². The zero-order valence-electron chi connectivity index (χ0n) is 15.6. The summed E-state index contributed by atoms with van der Waals surface area (Å²) in [5, 5.41) is 0. The van der Waals surface area contributed by atoms with E-state index in [9.17, 15) is 22.4 Å². The summed E-state index contributed by atoms with van der Waals surface area (Å²) in [6.07, 6.45) is -0.441. The molecule has 27 heavy (non-hydrogen) atoms. The van der Waals surface area contributed by atoms with E-state index in [2.05, 4.69) is 4.72 Å². The average molecular weight is 401 g/mol. The van der Waals surface area contributed by atoms with Crippen LogP contribution in [0.1, 0.15) is 24.2 Å². The Bertz CT molecular complexity index is 805. The number of rotatable bonds is 5. The number of carbonyl (C=O) groups excluding carboxylic acids is 2. The van der Waals surface area contributed by atoms with Crippen LogP contribution >= 0.6 is 0 Å². The second-order valence-electron chi connectivity index (χ2n) is 6.60. The molecule has 0 aliphatic carbocycles. The monoisotopic (exact) mass is 401 g/mol. The van der Waals surface area contributed by atoms with Crippen LogP contribution in [-0.4, -0.2) is 70.1 Å². The van der Waals surface area contributed by atoms with Gasteiger partial charge in [-0.1, -0.05) is 13.8 Å². The molecule has 0 atom stereocenters. The first-order valence-corrected chi connectivity index (χ1v) is 10.1. The van der Waals surface area contributed by atoms with Gasteiger partial charge in [-0.3, -0.25) is 4.79 Å². The summed E-state index contributed by atoms with van der Waals surface area (Å²) in [7, 11) is -2.56. The lowest BCUT2D eigenvalue weighted by Crippen LogP contribution is -2.51. The predicted molar refractivity (Wildman–Crippen MR) is 96.3 cm³/mol. The second-order valence-corrected chi connectivity index (χ2v) is 8.49. The van der Waals surface area contributed by atoms with Crippen LogP contribution in [0.15, 0.2) is 23.1 Å². The van der Waals surface area contributed by atoms with Gasteiger partial charge in [0.05, 0.1) is 17.1 Å². The Morgan fingerprint density at radius 1 is 1.19 bits per heavy atom. The van der Waals surface area contributed by atoms with Crippen LogP contribution in [0, 0.1) is 11.7 Å². The van der Waals surface area contributed by atoms with Gasteiger partial charge in [-0.25, -0.2) is 22.3 Å². The number of nitrogens with one attached hydrogen (secondary N) is 1. The molecule has 1 fully saturated rings. The molecule has 1 aromatic rings. The molecule has 8 nitrogen and oxygen atoms in total. The maximum Gasteiger partial charge on any atom is 0.409 e. The minimum atomic E-state index is -3.79. The van der Waals surface area contributed by atoms with Crippen molar-refractivity contribution in [2.45, 2.75) is 18.7 Å². The van der Waals surface area contributed by atoms with Gasteiger partial charge in [-0.2, -0.15) is 0 Å². The third kappa shape index (κ3) is 5.16. The predicted octanol–water partition coefficient (Wildman–Crippen LogP) is 1.28. The van der Waals surface area contributed by atoms with E-state index in [0.29, 0.717) is 6.61 Å². The molecule has 1 aromatic carbocycles. The number of hydrogen-bond donors (Lipinski definition) is 1. The lowest BCUT2D eigenvalue weighted by Gasteiger charge is -2.34. The van der Waals surface area contributed by atoms with Crippen LogP contribution in [0.25, 0.3) is 0 Å². The van der Waals surface area contributed by atoms with Gasteiger partial charge < -0.3 is 14.5 Å². The van der Waals surface area contributed by atoms with Crippen LogP contribution in [0.2, 0.25) is 0 Å². The third-order valence-corrected chi connectivity index (χ3v) is 5.52. The highest BCUT2D eigenvalue weighted by molar-refractivity contribution is 7.89. The largest absolute Gasteiger partial charge is 0.449 e. The van der Waals surface area contributed by atoms with E-state index in [1.807, 2.05) is 13.8 Å². The number of hydrogen-bond acceptors (Lipinski definition) is 5. The molecule has 1 aliphatic heterocycles. The standard InChI is InChI=1S/C17H24FN3O5S/c1-12(2)11-26-17(23)21-8-6-20(7-9-21)16(22)14-10-13(4-5-15(14)18)27(24,25)19-3/h4-5,10,12,19H,6-9,11H2,1-3H3. The van der Waals surface area contributed by atoms with Crippen molar-refractivity contribution in [2.75, 3.05) is 39.8 Å². The highest BCUT2D eigenvalue weighted by atomic mass is 32.2. The second kappa shape index (κ2) is 8.66. The van der Waals surface area contributed by atoms with Gasteiger partial charge in [0.25, 0.3) is 5.91 Å². The van der Waals surface area contributed by atoms with E-state index in [1.165, 1.54) is 16.8 Å². The number of amides is 2. The van der Waals surface area contributed by atoms with Crippen molar-refractivity contribution in [2.24, 2.45) is 5.92 Å². The van der Waals surface area contributed by atoms with Crippen molar-refractivity contribution in [1.82, 2.24) is 14.5 Å². The molecule has 2 amide bonds. The van der Waals surface area contributed by atoms with E-state index in [4.69, 9.17) is 4.74 Å². The van der Waals surface area contributed by atoms with Gasteiger partial charge in [0.15, 0.2) is 0 Å². The SMILES string of the molecule is CNS(=O)(=O)c1ccc(F)c(C(=O)N2CCN(C(=O)OCC(C)C)CC2)c1. The first kappa shape index (κ1) is 21.1. The van der Waals surface area contributed by atoms with Crippen molar-refractivity contribution >= 4 is 22.0 Å². The zero-order chi connectivity index (χ0) is 20.2. The molecule has 0 bridgehead atoms. The summed E-state index contributed by atoms with van der Waals surface area (Å²) in [5.41, 5.74) is -0.317. The molecule has 2 rings (SSSR count). The molecule has 150 valence electrons. The molecule has 10 heteroatoms. The number of carbonyl (C=O) groups is 2. The molecule has 1 N–H and O–H groups in total. The summed E-state index contributed by atoms with van der Waals surface area (Å²) < 4.78 is 45.1. The Labute approximate surface area is 158 Å². The number of sulfonamides is 1. The smallest absolute Gasteiger partial charge is 0.409 e. The van der Waals surface area contributed by atoms with Gasteiger partial charge in [-0.15, -0.1) is 0 Å². The first-order valence-electron chi connectivity index (χ1n) is 8.59. The zero-order valence-corrected chi connectivity index (χ0v) is 16.4. The number of halogens is 1. The topological polar surface area (TPSA) is 96.0 Å². The highest BCUT2D eigenvalue weighted by Crippen LogP contribution is 2.18. The molecule has 0 spiro atoms. The molecular weight excluding hydrogens is 377 g/mol. The molecule has 1 saturated heterocycles. The molecule has 0 saturated carbocycles. The highest BCUT2D eigenvalue weighted by Gasteiger charge is 2.28. The lowest BCUT2D eigenvalue weighted by atomic mass is 10.1. The van der Waals surface area contributed by atoms with Crippen molar-refractivity contribution in [3.05, 3.63) is 29.6 Å². The summed E-state index contributed by atoms with van der Waals surface area (Å²) >= 11 is 0. The normalized spacial score (nSPS) is 15.1. The summed E-state index contributed by atoms with van der Waals surface area (Å²) in [4.78, 5) is 27.3. The van der Waals surface area contributed by atoms with Crippen LogP contribution in [0.3, 0.4) is 0 Å². The Morgan fingerprint density at radius 2 is 1.78 bits per heavy atom. The molecule has 1 heterocycles. The number of piperazine rings is 1. The van der Waals surface area contributed by atoms with Crippen LogP contribution < -0.4 is 4.72 Å². The maximum atomic E-state index is 14.1. The average Bonchev–Trinajstić information content (AvgIpc) is 2.65. The number of ether oxygens (including phenoxy) is 1. The minimum absolute atomic E-state index is 0.189. The quantitative estimate of drug-likeness (QED) is 0.802. The van der Waals surface area contributed by atoms with Gasteiger partial charge >= 0.3 is 6.09 Å². The first-order chi connectivity index (χ1) is 12.7.